The lowest BCUT2D eigenvalue weighted by Crippen LogP contribution is -2.50. The summed E-state index contributed by atoms with van der Waals surface area (Å²) in [6, 6.07) is 15.4. The molecule has 2 N–H and O–H groups in total. The molecule has 2 heterocycles. The van der Waals surface area contributed by atoms with Gasteiger partial charge in [0.2, 0.25) is 0 Å². The standard InChI is InChI=1S/C25H25F2N5O2/c26-19-6-8-22(9-7-19)31-11-13-32(14-12-31)23(18-3-2-10-28-16-18)17-29-24(33)25(34)30-21-5-1-4-20(27)15-21/h1-10,15-16,23H,11-14,17H2,(H,29,33)(H,30,34)/t23-/m0/s1. The Morgan fingerprint density at radius 1 is 0.912 bits per heavy atom. The number of carbonyl (C=O) groups excluding carboxylic acids is 2. The fourth-order valence-electron chi connectivity index (χ4n) is 4.00. The van der Waals surface area contributed by atoms with Crippen LogP contribution < -0.4 is 15.5 Å². The maximum Gasteiger partial charge on any atom is 0.313 e. The molecule has 2 aromatic carbocycles. The molecule has 0 unspecified atom stereocenters. The molecule has 1 fully saturated rings. The minimum Gasteiger partial charge on any atom is -0.369 e. The number of halogens is 2. The molecule has 34 heavy (non-hydrogen) atoms. The minimum absolute atomic E-state index is 0.185. The van der Waals surface area contributed by atoms with Crippen LogP contribution in [0.1, 0.15) is 11.6 Å². The van der Waals surface area contributed by atoms with E-state index in [2.05, 4.69) is 25.4 Å². The second-order valence-corrected chi connectivity index (χ2v) is 7.98. The van der Waals surface area contributed by atoms with Crippen LogP contribution in [0.3, 0.4) is 0 Å². The highest BCUT2D eigenvalue weighted by Crippen LogP contribution is 2.24. The van der Waals surface area contributed by atoms with Gasteiger partial charge in [0.1, 0.15) is 11.6 Å². The quantitative estimate of drug-likeness (QED) is 0.548. The van der Waals surface area contributed by atoms with Gasteiger partial charge < -0.3 is 15.5 Å². The summed E-state index contributed by atoms with van der Waals surface area (Å²) >= 11 is 0. The van der Waals surface area contributed by atoms with Crippen molar-refractivity contribution < 1.29 is 18.4 Å². The van der Waals surface area contributed by atoms with Gasteiger partial charge >= 0.3 is 11.8 Å². The van der Waals surface area contributed by atoms with Gasteiger partial charge in [0.25, 0.3) is 0 Å². The highest BCUT2D eigenvalue weighted by Gasteiger charge is 2.27. The molecule has 0 radical (unpaired) electrons. The second-order valence-electron chi connectivity index (χ2n) is 7.98. The van der Waals surface area contributed by atoms with Crippen molar-refractivity contribution in [2.45, 2.75) is 6.04 Å². The number of hydrogen-bond acceptors (Lipinski definition) is 5. The van der Waals surface area contributed by atoms with Crippen LogP contribution in [-0.2, 0) is 9.59 Å². The van der Waals surface area contributed by atoms with Crippen LogP contribution in [0, 0.1) is 11.6 Å². The summed E-state index contributed by atoms with van der Waals surface area (Å²) in [5, 5.41) is 5.10. The van der Waals surface area contributed by atoms with Gasteiger partial charge in [0.15, 0.2) is 0 Å². The lowest BCUT2D eigenvalue weighted by Gasteiger charge is -2.40. The Hall–Kier alpha value is -3.85. The number of rotatable bonds is 6. The average molecular weight is 466 g/mol. The van der Waals surface area contributed by atoms with Gasteiger partial charge in [-0.1, -0.05) is 12.1 Å². The monoisotopic (exact) mass is 465 g/mol. The highest BCUT2D eigenvalue weighted by molar-refractivity contribution is 6.39. The van der Waals surface area contributed by atoms with Gasteiger partial charge in [0, 0.05) is 56.5 Å². The number of benzene rings is 2. The van der Waals surface area contributed by atoms with Crippen LogP contribution in [0.4, 0.5) is 20.2 Å². The number of nitrogens with one attached hydrogen (secondary N) is 2. The smallest absolute Gasteiger partial charge is 0.313 e. The van der Waals surface area contributed by atoms with E-state index < -0.39 is 17.6 Å². The van der Waals surface area contributed by atoms with Gasteiger partial charge in [-0.25, -0.2) is 8.78 Å². The van der Waals surface area contributed by atoms with E-state index >= 15 is 0 Å². The van der Waals surface area contributed by atoms with E-state index in [1.54, 1.807) is 24.5 Å². The van der Waals surface area contributed by atoms with Crippen LogP contribution in [0.15, 0.2) is 73.1 Å². The summed E-state index contributed by atoms with van der Waals surface area (Å²) in [5.41, 5.74) is 2.09. The van der Waals surface area contributed by atoms with Gasteiger partial charge in [-0.15, -0.1) is 0 Å². The molecule has 0 spiro atoms. The zero-order valence-electron chi connectivity index (χ0n) is 18.5. The zero-order chi connectivity index (χ0) is 23.9. The van der Waals surface area contributed by atoms with Crippen molar-refractivity contribution in [1.29, 1.82) is 0 Å². The normalized spacial score (nSPS) is 14.9. The Balaban J connectivity index is 1.38. The van der Waals surface area contributed by atoms with Crippen molar-refractivity contribution in [3.05, 3.63) is 90.3 Å². The molecule has 1 atom stereocenters. The van der Waals surface area contributed by atoms with Crippen LogP contribution in [0.2, 0.25) is 0 Å². The maximum absolute atomic E-state index is 13.3. The summed E-state index contributed by atoms with van der Waals surface area (Å²) in [5.74, 6) is -2.44. The Labute approximate surface area is 196 Å². The minimum atomic E-state index is -0.864. The van der Waals surface area contributed by atoms with Crippen molar-refractivity contribution in [2.24, 2.45) is 0 Å². The van der Waals surface area contributed by atoms with Crippen molar-refractivity contribution >= 4 is 23.2 Å². The fourth-order valence-corrected chi connectivity index (χ4v) is 4.00. The number of aromatic nitrogens is 1. The van der Waals surface area contributed by atoms with E-state index in [0.29, 0.717) is 13.1 Å². The molecule has 0 saturated carbocycles. The summed E-state index contributed by atoms with van der Waals surface area (Å²) in [6.45, 7) is 3.09. The third kappa shape index (κ3) is 5.93. The molecule has 176 valence electrons. The number of hydrogen-bond donors (Lipinski definition) is 2. The van der Waals surface area contributed by atoms with Gasteiger partial charge in [-0.3, -0.25) is 19.5 Å². The van der Waals surface area contributed by atoms with E-state index in [1.807, 2.05) is 12.1 Å². The Kier molecular flexibility index (Phi) is 7.44. The zero-order valence-corrected chi connectivity index (χ0v) is 18.5. The molecule has 1 aliphatic rings. The Morgan fingerprint density at radius 2 is 1.68 bits per heavy atom. The van der Waals surface area contributed by atoms with Crippen molar-refractivity contribution in [3.8, 4) is 0 Å². The first-order valence-electron chi connectivity index (χ1n) is 11.0. The molecule has 3 aromatic rings. The lowest BCUT2D eigenvalue weighted by atomic mass is 10.1. The topological polar surface area (TPSA) is 77.6 Å². The number of nitrogens with zero attached hydrogens (tertiary/aromatic N) is 3. The number of anilines is 2. The first kappa shape index (κ1) is 23.3. The molecular formula is C25H25F2N5O2. The Morgan fingerprint density at radius 3 is 2.35 bits per heavy atom. The molecule has 0 aliphatic carbocycles. The first-order chi connectivity index (χ1) is 16.5. The molecule has 4 rings (SSSR count). The molecular weight excluding hydrogens is 440 g/mol. The highest BCUT2D eigenvalue weighted by atomic mass is 19.1. The maximum atomic E-state index is 13.3. The van der Waals surface area contributed by atoms with Crippen molar-refractivity contribution in [1.82, 2.24) is 15.2 Å². The van der Waals surface area contributed by atoms with Gasteiger partial charge in [0.05, 0.1) is 6.04 Å². The van der Waals surface area contributed by atoms with Crippen LogP contribution in [-0.4, -0.2) is 54.4 Å². The molecule has 1 saturated heterocycles. The van der Waals surface area contributed by atoms with Crippen molar-refractivity contribution in [2.75, 3.05) is 42.9 Å². The predicted molar refractivity (Wildman–Crippen MR) is 125 cm³/mol. The van der Waals surface area contributed by atoms with E-state index in [9.17, 15) is 18.4 Å². The summed E-state index contributed by atoms with van der Waals surface area (Å²) < 4.78 is 26.6. The molecule has 1 aliphatic heterocycles. The number of pyridine rings is 1. The van der Waals surface area contributed by atoms with Gasteiger partial charge in [-0.2, -0.15) is 0 Å². The van der Waals surface area contributed by atoms with E-state index in [4.69, 9.17) is 0 Å². The van der Waals surface area contributed by atoms with Crippen LogP contribution in [0.5, 0.6) is 0 Å². The number of piperazine rings is 1. The van der Waals surface area contributed by atoms with Gasteiger partial charge in [-0.05, 0) is 54.1 Å². The predicted octanol–water partition coefficient (Wildman–Crippen LogP) is 2.98. The molecule has 0 bridgehead atoms. The second kappa shape index (κ2) is 10.8. The lowest BCUT2D eigenvalue weighted by molar-refractivity contribution is -0.136. The average Bonchev–Trinajstić information content (AvgIpc) is 2.85. The van der Waals surface area contributed by atoms with Crippen LogP contribution >= 0.6 is 0 Å². The molecule has 9 heteroatoms. The fraction of sp³-hybridized carbons (Fsp3) is 0.240. The SMILES string of the molecule is O=C(NC[C@@H](c1cccnc1)N1CCN(c2ccc(F)cc2)CC1)C(=O)Nc1cccc(F)c1. The molecule has 7 nitrogen and oxygen atoms in total. The summed E-state index contributed by atoms with van der Waals surface area (Å²) in [7, 11) is 0. The van der Waals surface area contributed by atoms with E-state index in [1.165, 1.54) is 30.3 Å². The third-order valence-corrected chi connectivity index (χ3v) is 5.76. The third-order valence-electron chi connectivity index (χ3n) is 5.76. The largest absolute Gasteiger partial charge is 0.369 e. The summed E-state index contributed by atoms with van der Waals surface area (Å²) in [4.78, 5) is 33.3. The molecule has 1 aromatic heterocycles. The first-order valence-corrected chi connectivity index (χ1v) is 11.0. The number of amides is 2. The Bertz CT molecular complexity index is 1120. The summed E-state index contributed by atoms with van der Waals surface area (Å²) in [6.07, 6.45) is 3.42. The van der Waals surface area contributed by atoms with E-state index in [-0.39, 0.29) is 24.1 Å². The van der Waals surface area contributed by atoms with Crippen molar-refractivity contribution in [3.63, 3.8) is 0 Å². The van der Waals surface area contributed by atoms with E-state index in [0.717, 1.165) is 30.4 Å². The number of carbonyl (C=O) groups is 2. The van der Waals surface area contributed by atoms with Crippen LogP contribution in [0.25, 0.3) is 0 Å². The molecule has 2 amide bonds.